The Bertz CT molecular complexity index is 540. The Morgan fingerprint density at radius 3 is 2.62 bits per heavy atom. The maximum absolute atomic E-state index is 12.4. The highest BCUT2D eigenvalue weighted by Gasteiger charge is 2.34. The highest BCUT2D eigenvalue weighted by atomic mass is 19.4. The fourth-order valence-electron chi connectivity index (χ4n) is 2.82. The number of guanidine groups is 1. The predicted molar refractivity (Wildman–Crippen MR) is 90.3 cm³/mol. The molecule has 134 valence electrons. The second-order valence-corrected chi connectivity index (χ2v) is 6.21. The van der Waals surface area contributed by atoms with Crippen LogP contribution in [0.3, 0.4) is 0 Å². The van der Waals surface area contributed by atoms with Gasteiger partial charge < -0.3 is 10.6 Å². The van der Waals surface area contributed by atoms with Gasteiger partial charge in [0.25, 0.3) is 0 Å². The second-order valence-electron chi connectivity index (χ2n) is 6.21. The van der Waals surface area contributed by atoms with E-state index in [0.717, 1.165) is 13.0 Å². The number of nitrogens with zero attached hydrogens (tertiary/aromatic N) is 2. The van der Waals surface area contributed by atoms with E-state index in [9.17, 15) is 13.2 Å². The third-order valence-electron chi connectivity index (χ3n) is 4.07. The van der Waals surface area contributed by atoms with E-state index in [1.54, 1.807) is 7.05 Å². The van der Waals surface area contributed by atoms with Gasteiger partial charge in [0.15, 0.2) is 5.96 Å². The predicted octanol–water partition coefficient (Wildman–Crippen LogP) is 2.34. The van der Waals surface area contributed by atoms with Crippen LogP contribution in [0.2, 0.25) is 0 Å². The molecule has 1 aliphatic heterocycles. The largest absolute Gasteiger partial charge is 0.401 e. The van der Waals surface area contributed by atoms with Crippen LogP contribution in [-0.2, 0) is 6.42 Å². The van der Waals surface area contributed by atoms with Gasteiger partial charge in [0.1, 0.15) is 0 Å². The summed E-state index contributed by atoms with van der Waals surface area (Å²) in [6.07, 6.45) is -2.58. The number of alkyl halides is 3. The van der Waals surface area contributed by atoms with E-state index >= 15 is 0 Å². The average molecular weight is 342 g/mol. The van der Waals surface area contributed by atoms with Crippen LogP contribution in [0.25, 0.3) is 0 Å². The highest BCUT2D eigenvalue weighted by Crippen LogP contribution is 2.19. The lowest BCUT2D eigenvalue weighted by Crippen LogP contribution is -2.45. The van der Waals surface area contributed by atoms with Gasteiger partial charge in [-0.1, -0.05) is 29.8 Å². The minimum Gasteiger partial charge on any atom is -0.356 e. The van der Waals surface area contributed by atoms with Crippen LogP contribution in [0.15, 0.2) is 29.3 Å². The molecular weight excluding hydrogens is 317 g/mol. The topological polar surface area (TPSA) is 39.7 Å². The lowest BCUT2D eigenvalue weighted by atomic mass is 10.1. The molecule has 1 saturated heterocycles. The third-order valence-corrected chi connectivity index (χ3v) is 4.07. The normalized spacial score (nSPS) is 19.5. The SMILES string of the molecule is CN=C(NCCc1ccc(C)cc1)NC1CCN(CC(F)(F)F)C1. The van der Waals surface area contributed by atoms with Crippen LogP contribution in [0.5, 0.6) is 0 Å². The van der Waals surface area contributed by atoms with Gasteiger partial charge in [-0.15, -0.1) is 0 Å². The zero-order chi connectivity index (χ0) is 17.6. The van der Waals surface area contributed by atoms with Crippen LogP contribution in [-0.4, -0.2) is 56.3 Å². The van der Waals surface area contributed by atoms with Crippen molar-refractivity contribution >= 4 is 5.96 Å². The summed E-state index contributed by atoms with van der Waals surface area (Å²) in [7, 11) is 1.67. The third kappa shape index (κ3) is 6.39. The zero-order valence-electron chi connectivity index (χ0n) is 14.2. The highest BCUT2D eigenvalue weighted by molar-refractivity contribution is 5.80. The molecular formula is C17H25F3N4. The van der Waals surface area contributed by atoms with Gasteiger partial charge in [0, 0.05) is 32.7 Å². The monoisotopic (exact) mass is 342 g/mol. The molecule has 0 aromatic heterocycles. The minimum absolute atomic E-state index is 0.00192. The number of rotatable bonds is 5. The molecule has 0 spiro atoms. The van der Waals surface area contributed by atoms with Crippen LogP contribution in [0, 0.1) is 6.92 Å². The van der Waals surface area contributed by atoms with E-state index in [1.165, 1.54) is 16.0 Å². The molecule has 1 aliphatic rings. The Morgan fingerprint density at radius 2 is 2.00 bits per heavy atom. The maximum Gasteiger partial charge on any atom is 0.401 e. The summed E-state index contributed by atoms with van der Waals surface area (Å²) in [4.78, 5) is 5.58. The van der Waals surface area contributed by atoms with E-state index in [-0.39, 0.29) is 6.04 Å². The first-order valence-corrected chi connectivity index (χ1v) is 8.17. The van der Waals surface area contributed by atoms with Crippen molar-refractivity contribution < 1.29 is 13.2 Å². The fraction of sp³-hybridized carbons (Fsp3) is 0.588. The van der Waals surface area contributed by atoms with Gasteiger partial charge in [-0.25, -0.2) is 0 Å². The van der Waals surface area contributed by atoms with Crippen LogP contribution >= 0.6 is 0 Å². The molecule has 2 N–H and O–H groups in total. The van der Waals surface area contributed by atoms with Crippen molar-refractivity contribution in [3.8, 4) is 0 Å². The quantitative estimate of drug-likeness (QED) is 0.637. The molecule has 2 rings (SSSR count). The number of aryl methyl sites for hydroxylation is 1. The number of likely N-dealkylation sites (tertiary alicyclic amines) is 1. The van der Waals surface area contributed by atoms with E-state index in [2.05, 4.69) is 46.8 Å². The second kappa shape index (κ2) is 8.37. The van der Waals surface area contributed by atoms with Crippen molar-refractivity contribution in [3.05, 3.63) is 35.4 Å². The lowest BCUT2D eigenvalue weighted by molar-refractivity contribution is -0.143. The standard InChI is InChI=1S/C17H25F3N4/c1-13-3-5-14(6-4-13)7-9-22-16(21-2)23-15-8-10-24(11-15)12-17(18,19)20/h3-6,15H,7-12H2,1-2H3,(H2,21,22,23). The number of hydrogen-bond acceptors (Lipinski definition) is 2. The van der Waals surface area contributed by atoms with Crippen molar-refractivity contribution in [2.45, 2.75) is 32.0 Å². The van der Waals surface area contributed by atoms with Crippen molar-refractivity contribution in [3.63, 3.8) is 0 Å². The Balaban J connectivity index is 1.72. The summed E-state index contributed by atoms with van der Waals surface area (Å²) in [6.45, 7) is 2.78. The summed E-state index contributed by atoms with van der Waals surface area (Å²) < 4.78 is 37.3. The Labute approximate surface area is 141 Å². The van der Waals surface area contributed by atoms with Crippen molar-refractivity contribution in [2.24, 2.45) is 4.99 Å². The Kier molecular flexibility index (Phi) is 6.48. The summed E-state index contributed by atoms with van der Waals surface area (Å²) in [5.74, 6) is 0.640. The zero-order valence-corrected chi connectivity index (χ0v) is 14.2. The molecule has 0 aliphatic carbocycles. The smallest absolute Gasteiger partial charge is 0.356 e. The number of halogens is 3. The molecule has 1 heterocycles. The van der Waals surface area contributed by atoms with Crippen LogP contribution in [0.1, 0.15) is 17.5 Å². The molecule has 1 fully saturated rings. The number of benzene rings is 1. The first-order valence-electron chi connectivity index (χ1n) is 8.17. The van der Waals surface area contributed by atoms with E-state index in [4.69, 9.17) is 0 Å². The van der Waals surface area contributed by atoms with Gasteiger partial charge in [0.05, 0.1) is 6.54 Å². The molecule has 0 saturated carbocycles. The molecule has 1 atom stereocenters. The first kappa shape index (κ1) is 18.6. The number of aliphatic imine (C=N–C) groups is 1. The summed E-state index contributed by atoms with van der Waals surface area (Å²) in [5, 5.41) is 6.43. The van der Waals surface area contributed by atoms with Gasteiger partial charge in [-0.3, -0.25) is 9.89 Å². The van der Waals surface area contributed by atoms with Crippen molar-refractivity contribution in [1.29, 1.82) is 0 Å². The Hall–Kier alpha value is -1.76. The van der Waals surface area contributed by atoms with Gasteiger partial charge >= 0.3 is 6.18 Å². The number of hydrogen-bond donors (Lipinski definition) is 2. The average Bonchev–Trinajstić information content (AvgIpc) is 2.93. The molecule has 1 unspecified atom stereocenters. The maximum atomic E-state index is 12.4. The van der Waals surface area contributed by atoms with Gasteiger partial charge in [0.2, 0.25) is 0 Å². The van der Waals surface area contributed by atoms with Crippen molar-refractivity contribution in [1.82, 2.24) is 15.5 Å². The molecule has 4 nitrogen and oxygen atoms in total. The fourth-order valence-corrected chi connectivity index (χ4v) is 2.82. The van der Waals surface area contributed by atoms with Gasteiger partial charge in [-0.2, -0.15) is 13.2 Å². The molecule has 0 amide bonds. The summed E-state index contributed by atoms with van der Waals surface area (Å²) in [6, 6.07) is 8.35. The van der Waals surface area contributed by atoms with Crippen LogP contribution in [0.4, 0.5) is 13.2 Å². The molecule has 1 aromatic carbocycles. The van der Waals surface area contributed by atoms with E-state index in [0.29, 0.717) is 25.5 Å². The van der Waals surface area contributed by atoms with E-state index in [1.807, 2.05) is 0 Å². The molecule has 7 heteroatoms. The van der Waals surface area contributed by atoms with E-state index < -0.39 is 12.7 Å². The molecule has 1 aromatic rings. The molecule has 0 bridgehead atoms. The molecule has 0 radical (unpaired) electrons. The first-order chi connectivity index (χ1) is 11.4. The molecule has 24 heavy (non-hydrogen) atoms. The lowest BCUT2D eigenvalue weighted by Gasteiger charge is -2.19. The van der Waals surface area contributed by atoms with Gasteiger partial charge in [-0.05, 0) is 25.3 Å². The van der Waals surface area contributed by atoms with Crippen molar-refractivity contribution in [2.75, 3.05) is 33.2 Å². The summed E-state index contributed by atoms with van der Waals surface area (Å²) >= 11 is 0. The number of nitrogens with one attached hydrogen (secondary N) is 2. The summed E-state index contributed by atoms with van der Waals surface area (Å²) in [5.41, 5.74) is 2.47. The van der Waals surface area contributed by atoms with Crippen LogP contribution < -0.4 is 10.6 Å². The minimum atomic E-state index is -4.14. The Morgan fingerprint density at radius 1 is 1.29 bits per heavy atom.